The van der Waals surface area contributed by atoms with Crippen LogP contribution in [-0.4, -0.2) is 44.0 Å². The largest absolute Gasteiger partial charge is 0.494 e. The van der Waals surface area contributed by atoms with Gasteiger partial charge in [0.25, 0.3) is 0 Å². The number of hydrogen-bond donors (Lipinski definition) is 4. The Kier molecular flexibility index (Phi) is 6.91. The number of hydrogen-bond acceptors (Lipinski definition) is 7. The zero-order chi connectivity index (χ0) is 24.9. The fourth-order valence-electron chi connectivity index (χ4n) is 3.76. The van der Waals surface area contributed by atoms with Crippen LogP contribution < -0.4 is 15.4 Å². The van der Waals surface area contributed by atoms with E-state index in [4.69, 9.17) is 9.84 Å². The number of carboxylic acid groups (broad SMARTS) is 1. The molecular weight excluding hydrogens is 448 g/mol. The molecule has 10 heteroatoms. The van der Waals surface area contributed by atoms with Gasteiger partial charge in [-0.15, -0.1) is 0 Å². The number of H-pyrrole nitrogens is 1. The standard InChI is InChI=1S/C25H26N6O4/c1-14-8-9-26-13-20(14)30-25-29-19-6-4-16(24(35-3)23(19)31-25)11-21(32)28-17-5-7-18(27-12-17)15(2)10-22(33)34/h4-9,12-13,15H,10-11H2,1-3H3,(H,28,32)(H,33,34)(H2,29,30,31). The molecule has 0 radical (unpaired) electrons. The van der Waals surface area contributed by atoms with Crippen LogP contribution in [0.4, 0.5) is 17.3 Å². The third kappa shape index (κ3) is 5.55. The molecule has 3 heterocycles. The van der Waals surface area contributed by atoms with Crippen LogP contribution in [0.2, 0.25) is 0 Å². The van der Waals surface area contributed by atoms with Crippen LogP contribution in [0.3, 0.4) is 0 Å². The molecule has 180 valence electrons. The molecule has 4 aromatic rings. The molecule has 0 aliphatic carbocycles. The van der Waals surface area contributed by atoms with Gasteiger partial charge in [0, 0.05) is 23.4 Å². The second kappa shape index (κ2) is 10.2. The Hall–Kier alpha value is -4.47. The maximum absolute atomic E-state index is 12.7. The molecule has 0 bridgehead atoms. The van der Waals surface area contributed by atoms with Gasteiger partial charge < -0.3 is 25.5 Å². The first-order valence-corrected chi connectivity index (χ1v) is 11.0. The number of pyridine rings is 2. The number of amides is 1. The number of carbonyl (C=O) groups excluding carboxylic acids is 1. The number of aliphatic carboxylic acids is 1. The second-order valence-corrected chi connectivity index (χ2v) is 8.25. The Morgan fingerprint density at radius 2 is 2.00 bits per heavy atom. The molecule has 0 spiro atoms. The summed E-state index contributed by atoms with van der Waals surface area (Å²) in [6.07, 6.45) is 5.05. The Balaban J connectivity index is 1.48. The predicted molar refractivity (Wildman–Crippen MR) is 132 cm³/mol. The van der Waals surface area contributed by atoms with Crippen LogP contribution in [0, 0.1) is 6.92 Å². The number of carbonyl (C=O) groups is 2. The smallest absolute Gasteiger partial charge is 0.304 e. The molecule has 0 saturated heterocycles. The van der Waals surface area contributed by atoms with Crippen molar-refractivity contribution in [2.24, 2.45) is 0 Å². The van der Waals surface area contributed by atoms with Crippen molar-refractivity contribution in [1.29, 1.82) is 0 Å². The summed E-state index contributed by atoms with van der Waals surface area (Å²) in [7, 11) is 1.55. The van der Waals surface area contributed by atoms with Crippen molar-refractivity contribution in [2.45, 2.75) is 32.6 Å². The number of methoxy groups -OCH3 is 1. The first kappa shape index (κ1) is 23.7. The monoisotopic (exact) mass is 474 g/mol. The number of ether oxygens (including phenoxy) is 1. The number of aromatic amines is 1. The summed E-state index contributed by atoms with van der Waals surface area (Å²) in [4.78, 5) is 39.9. The predicted octanol–water partition coefficient (Wildman–Crippen LogP) is 4.17. The summed E-state index contributed by atoms with van der Waals surface area (Å²) < 4.78 is 5.61. The number of fused-ring (bicyclic) bond motifs is 1. The van der Waals surface area contributed by atoms with Crippen molar-refractivity contribution in [3.05, 3.63) is 65.7 Å². The highest BCUT2D eigenvalue weighted by Crippen LogP contribution is 2.31. The zero-order valence-electron chi connectivity index (χ0n) is 19.6. The third-order valence-electron chi connectivity index (χ3n) is 5.59. The molecule has 1 aromatic carbocycles. The molecule has 1 atom stereocenters. The normalized spacial score (nSPS) is 11.7. The molecule has 35 heavy (non-hydrogen) atoms. The summed E-state index contributed by atoms with van der Waals surface area (Å²) in [5.41, 5.74) is 5.12. The average molecular weight is 475 g/mol. The van der Waals surface area contributed by atoms with Crippen molar-refractivity contribution in [3.63, 3.8) is 0 Å². The summed E-state index contributed by atoms with van der Waals surface area (Å²) in [6, 6.07) is 9.02. The summed E-state index contributed by atoms with van der Waals surface area (Å²) in [6.45, 7) is 3.77. The highest BCUT2D eigenvalue weighted by atomic mass is 16.5. The average Bonchev–Trinajstić information content (AvgIpc) is 3.23. The molecule has 0 aliphatic heterocycles. The Morgan fingerprint density at radius 3 is 2.69 bits per heavy atom. The minimum atomic E-state index is -0.880. The van der Waals surface area contributed by atoms with E-state index < -0.39 is 5.97 Å². The third-order valence-corrected chi connectivity index (χ3v) is 5.59. The van der Waals surface area contributed by atoms with Crippen LogP contribution in [-0.2, 0) is 16.0 Å². The SMILES string of the molecule is COc1c(CC(=O)Nc2ccc(C(C)CC(=O)O)nc2)ccc2[nH]c(Nc3cnccc3C)nc12. The highest BCUT2D eigenvalue weighted by Gasteiger charge is 2.17. The van der Waals surface area contributed by atoms with E-state index in [2.05, 4.69) is 30.6 Å². The van der Waals surface area contributed by atoms with Crippen molar-refractivity contribution >= 4 is 40.2 Å². The molecular formula is C25H26N6O4. The Morgan fingerprint density at radius 1 is 1.17 bits per heavy atom. The van der Waals surface area contributed by atoms with Crippen molar-refractivity contribution in [2.75, 3.05) is 17.7 Å². The van der Waals surface area contributed by atoms with E-state index in [1.807, 2.05) is 25.1 Å². The van der Waals surface area contributed by atoms with Crippen LogP contribution in [0.5, 0.6) is 5.75 Å². The molecule has 0 fully saturated rings. The van der Waals surface area contributed by atoms with Gasteiger partial charge in [0.05, 0.1) is 49.2 Å². The maximum atomic E-state index is 12.7. The summed E-state index contributed by atoms with van der Waals surface area (Å²) in [5, 5.41) is 15.0. The fraction of sp³-hybridized carbons (Fsp3) is 0.240. The van der Waals surface area contributed by atoms with Gasteiger partial charge in [0.15, 0.2) is 0 Å². The van der Waals surface area contributed by atoms with Crippen LogP contribution in [0.1, 0.15) is 36.1 Å². The van der Waals surface area contributed by atoms with Crippen LogP contribution >= 0.6 is 0 Å². The molecule has 4 N–H and O–H groups in total. The number of benzene rings is 1. The number of nitrogens with one attached hydrogen (secondary N) is 3. The Bertz CT molecular complexity index is 1370. The first-order chi connectivity index (χ1) is 16.8. The molecule has 0 aliphatic rings. The van der Waals surface area contributed by atoms with Crippen molar-refractivity contribution in [3.8, 4) is 5.75 Å². The summed E-state index contributed by atoms with van der Waals surface area (Å²) in [5.74, 6) is -0.283. The molecule has 1 unspecified atom stereocenters. The number of nitrogens with zero attached hydrogens (tertiary/aromatic N) is 3. The Labute approximate surface area is 201 Å². The minimum absolute atomic E-state index is 0.00670. The number of anilines is 3. The van der Waals surface area contributed by atoms with E-state index in [1.165, 1.54) is 6.20 Å². The van der Waals surface area contributed by atoms with Gasteiger partial charge >= 0.3 is 5.97 Å². The lowest BCUT2D eigenvalue weighted by atomic mass is 10.0. The van der Waals surface area contributed by atoms with Crippen molar-refractivity contribution in [1.82, 2.24) is 19.9 Å². The van der Waals surface area contributed by atoms with Gasteiger partial charge in [-0.1, -0.05) is 13.0 Å². The topological polar surface area (TPSA) is 142 Å². The fourth-order valence-corrected chi connectivity index (χ4v) is 3.76. The maximum Gasteiger partial charge on any atom is 0.304 e. The molecule has 10 nitrogen and oxygen atoms in total. The quantitative estimate of drug-likeness (QED) is 0.283. The van der Waals surface area contributed by atoms with Crippen LogP contribution in [0.15, 0.2) is 48.9 Å². The lowest BCUT2D eigenvalue weighted by molar-refractivity contribution is -0.137. The molecule has 0 saturated carbocycles. The zero-order valence-corrected chi connectivity index (χ0v) is 19.6. The van der Waals surface area contributed by atoms with Gasteiger partial charge in [0.2, 0.25) is 11.9 Å². The summed E-state index contributed by atoms with van der Waals surface area (Å²) >= 11 is 0. The number of aromatic nitrogens is 4. The minimum Gasteiger partial charge on any atom is -0.494 e. The number of rotatable bonds is 9. The first-order valence-electron chi connectivity index (χ1n) is 11.0. The van der Waals surface area contributed by atoms with E-state index in [0.29, 0.717) is 34.2 Å². The van der Waals surface area contributed by atoms with Gasteiger partial charge in [-0.3, -0.25) is 19.6 Å². The number of imidazole rings is 1. The number of aryl methyl sites for hydroxylation is 1. The lowest BCUT2D eigenvalue weighted by Crippen LogP contribution is -2.15. The van der Waals surface area contributed by atoms with Crippen molar-refractivity contribution < 1.29 is 19.4 Å². The lowest BCUT2D eigenvalue weighted by Gasteiger charge is -2.11. The van der Waals surface area contributed by atoms with E-state index in [0.717, 1.165) is 16.8 Å². The second-order valence-electron chi connectivity index (χ2n) is 8.25. The van der Waals surface area contributed by atoms with Gasteiger partial charge in [-0.2, -0.15) is 0 Å². The number of carboxylic acids is 1. The highest BCUT2D eigenvalue weighted by molar-refractivity contribution is 5.94. The van der Waals surface area contributed by atoms with Gasteiger partial charge in [-0.25, -0.2) is 4.98 Å². The van der Waals surface area contributed by atoms with E-state index >= 15 is 0 Å². The molecule has 4 rings (SSSR count). The van der Waals surface area contributed by atoms with Crippen LogP contribution in [0.25, 0.3) is 11.0 Å². The van der Waals surface area contributed by atoms with E-state index in [-0.39, 0.29) is 24.7 Å². The van der Waals surface area contributed by atoms with E-state index in [9.17, 15) is 9.59 Å². The molecule has 3 aromatic heterocycles. The van der Waals surface area contributed by atoms with Gasteiger partial charge in [-0.05, 0) is 36.8 Å². The molecule has 1 amide bonds. The van der Waals surface area contributed by atoms with Gasteiger partial charge in [0.1, 0.15) is 11.3 Å². The van der Waals surface area contributed by atoms with E-state index in [1.54, 1.807) is 38.6 Å².